The molecule has 0 aliphatic heterocycles. The molecule has 0 aromatic carbocycles. The number of nitrogens with two attached hydrogens (primary N) is 1. The van der Waals surface area contributed by atoms with Gasteiger partial charge < -0.3 is 5.43 Å². The maximum absolute atomic E-state index is 5.82. The quantitative estimate of drug-likeness (QED) is 0.536. The molecule has 98 valence electrons. The van der Waals surface area contributed by atoms with Crippen LogP contribution in [0.1, 0.15) is 5.82 Å². The second-order valence-corrected chi connectivity index (χ2v) is 4.43. The highest BCUT2D eigenvalue weighted by Crippen LogP contribution is 2.18. The van der Waals surface area contributed by atoms with Gasteiger partial charge in [0.05, 0.1) is 22.8 Å². The van der Waals surface area contributed by atoms with E-state index in [0.717, 1.165) is 5.39 Å². The minimum atomic E-state index is 0.405. The van der Waals surface area contributed by atoms with Crippen LogP contribution < -0.4 is 11.3 Å². The number of nitrogens with one attached hydrogen (secondary N) is 1. The van der Waals surface area contributed by atoms with Crippen molar-refractivity contribution in [3.05, 3.63) is 29.4 Å². The first-order chi connectivity index (χ1) is 9.17. The Morgan fingerprint density at radius 2 is 2.16 bits per heavy atom. The fourth-order valence-electron chi connectivity index (χ4n) is 1.82. The Kier molecular flexibility index (Phi) is 2.80. The topological polar surface area (TPSA) is 99.5 Å². The molecule has 3 heterocycles. The second-order valence-electron chi connectivity index (χ2n) is 3.99. The van der Waals surface area contributed by atoms with Crippen molar-refractivity contribution in [3.63, 3.8) is 0 Å². The molecule has 0 radical (unpaired) electrons. The smallest absolute Gasteiger partial charge is 0.163 e. The largest absolute Gasteiger partial charge is 0.308 e. The van der Waals surface area contributed by atoms with Crippen molar-refractivity contribution < 1.29 is 0 Å². The first kappa shape index (κ1) is 11.9. The van der Waals surface area contributed by atoms with Crippen LogP contribution in [0.3, 0.4) is 0 Å². The molecule has 9 heteroatoms. The molecule has 8 nitrogen and oxygen atoms in total. The van der Waals surface area contributed by atoms with E-state index in [2.05, 4.69) is 25.6 Å². The lowest BCUT2D eigenvalue weighted by Crippen LogP contribution is -2.13. The van der Waals surface area contributed by atoms with Crippen LogP contribution in [0.2, 0.25) is 5.02 Å². The SMILES string of the molecule is Cn1ncc2c(NN)nc(Cn3cc(Cl)cn3)nc21. The van der Waals surface area contributed by atoms with E-state index in [-0.39, 0.29) is 0 Å². The molecule has 0 unspecified atom stereocenters. The van der Waals surface area contributed by atoms with Crippen molar-refractivity contribution in [2.75, 3.05) is 5.43 Å². The van der Waals surface area contributed by atoms with Crippen molar-refractivity contribution in [3.8, 4) is 0 Å². The second kappa shape index (κ2) is 4.48. The zero-order valence-electron chi connectivity index (χ0n) is 10.1. The predicted octanol–water partition coefficient (Wildman–Crippen LogP) is 0.547. The van der Waals surface area contributed by atoms with E-state index >= 15 is 0 Å². The Morgan fingerprint density at radius 3 is 2.84 bits per heavy atom. The summed E-state index contributed by atoms with van der Waals surface area (Å²) in [6.07, 6.45) is 4.93. The lowest BCUT2D eigenvalue weighted by atomic mass is 10.4. The summed E-state index contributed by atoms with van der Waals surface area (Å²) in [5.41, 5.74) is 3.26. The standard InChI is InChI=1S/C10H11ClN8/c1-18-10-7(3-13-18)9(17-12)15-8(16-10)5-19-4-6(11)2-14-19/h2-4H,5,12H2,1H3,(H,15,16,17). The van der Waals surface area contributed by atoms with Crippen LogP contribution >= 0.6 is 11.6 Å². The summed E-state index contributed by atoms with van der Waals surface area (Å²) in [4.78, 5) is 8.77. The summed E-state index contributed by atoms with van der Waals surface area (Å²) >= 11 is 5.82. The van der Waals surface area contributed by atoms with E-state index in [1.807, 2.05) is 7.05 Å². The minimum Gasteiger partial charge on any atom is -0.308 e. The van der Waals surface area contributed by atoms with E-state index < -0.39 is 0 Å². The summed E-state index contributed by atoms with van der Waals surface area (Å²) < 4.78 is 3.32. The predicted molar refractivity (Wildman–Crippen MR) is 70.5 cm³/mol. The normalized spacial score (nSPS) is 11.1. The van der Waals surface area contributed by atoms with Crippen LogP contribution in [0.4, 0.5) is 5.82 Å². The van der Waals surface area contributed by atoms with E-state index in [9.17, 15) is 0 Å². The van der Waals surface area contributed by atoms with Gasteiger partial charge in [-0.1, -0.05) is 11.6 Å². The summed E-state index contributed by atoms with van der Waals surface area (Å²) in [5, 5.41) is 9.56. The van der Waals surface area contributed by atoms with Crippen molar-refractivity contribution in [2.24, 2.45) is 12.9 Å². The molecular formula is C10H11ClN8. The van der Waals surface area contributed by atoms with Crippen LogP contribution in [0.25, 0.3) is 11.0 Å². The Labute approximate surface area is 113 Å². The summed E-state index contributed by atoms with van der Waals surface area (Å²) in [7, 11) is 1.81. The van der Waals surface area contributed by atoms with E-state index in [0.29, 0.717) is 28.9 Å². The van der Waals surface area contributed by atoms with Crippen LogP contribution in [0.5, 0.6) is 0 Å². The van der Waals surface area contributed by atoms with E-state index in [4.69, 9.17) is 17.4 Å². The maximum Gasteiger partial charge on any atom is 0.163 e. The molecule has 0 fully saturated rings. The molecule has 0 spiro atoms. The maximum atomic E-state index is 5.82. The molecule has 0 aliphatic rings. The highest BCUT2D eigenvalue weighted by molar-refractivity contribution is 6.30. The number of halogens is 1. The Morgan fingerprint density at radius 1 is 1.32 bits per heavy atom. The molecule has 3 aromatic heterocycles. The van der Waals surface area contributed by atoms with E-state index in [1.165, 1.54) is 0 Å². The van der Waals surface area contributed by atoms with Crippen LogP contribution in [-0.2, 0) is 13.6 Å². The molecule has 0 amide bonds. The number of nitrogen functional groups attached to an aromatic ring is 1. The van der Waals surface area contributed by atoms with Gasteiger partial charge in [-0.2, -0.15) is 10.2 Å². The number of rotatable bonds is 3. The van der Waals surface area contributed by atoms with Gasteiger partial charge >= 0.3 is 0 Å². The fraction of sp³-hybridized carbons (Fsp3) is 0.200. The zero-order chi connectivity index (χ0) is 13.4. The molecule has 19 heavy (non-hydrogen) atoms. The van der Waals surface area contributed by atoms with Crippen molar-refractivity contribution in [1.82, 2.24) is 29.5 Å². The highest BCUT2D eigenvalue weighted by atomic mass is 35.5. The molecule has 0 aliphatic carbocycles. The van der Waals surface area contributed by atoms with Crippen LogP contribution in [0, 0.1) is 0 Å². The number of nitrogens with zero attached hydrogens (tertiary/aromatic N) is 6. The van der Waals surface area contributed by atoms with Gasteiger partial charge in [0.15, 0.2) is 17.3 Å². The third kappa shape index (κ3) is 2.11. The molecule has 3 aromatic rings. The molecule has 3 N–H and O–H groups in total. The molecule has 3 rings (SSSR count). The molecule has 0 saturated heterocycles. The monoisotopic (exact) mass is 278 g/mol. The minimum absolute atomic E-state index is 0.405. The number of anilines is 1. The number of hydrogen-bond donors (Lipinski definition) is 2. The first-order valence-electron chi connectivity index (χ1n) is 5.50. The van der Waals surface area contributed by atoms with Gasteiger partial charge in [-0.3, -0.25) is 9.36 Å². The Balaban J connectivity index is 2.06. The number of hydrogen-bond acceptors (Lipinski definition) is 6. The molecule has 0 bridgehead atoms. The molecule has 0 saturated carbocycles. The average Bonchev–Trinajstić information content (AvgIpc) is 2.96. The van der Waals surface area contributed by atoms with Crippen LogP contribution in [0.15, 0.2) is 18.6 Å². The van der Waals surface area contributed by atoms with Gasteiger partial charge in [0.1, 0.15) is 6.54 Å². The van der Waals surface area contributed by atoms with Gasteiger partial charge in [-0.05, 0) is 0 Å². The fourth-order valence-corrected chi connectivity index (χ4v) is 1.97. The summed E-state index contributed by atoms with van der Waals surface area (Å²) in [5.74, 6) is 6.58. The van der Waals surface area contributed by atoms with Crippen molar-refractivity contribution >= 4 is 28.5 Å². The number of fused-ring (bicyclic) bond motifs is 1. The first-order valence-corrected chi connectivity index (χ1v) is 5.88. The van der Waals surface area contributed by atoms with Gasteiger partial charge in [0.25, 0.3) is 0 Å². The van der Waals surface area contributed by atoms with E-state index in [1.54, 1.807) is 28.0 Å². The molecular weight excluding hydrogens is 268 g/mol. The Hall–Kier alpha value is -2.19. The number of aromatic nitrogens is 6. The van der Waals surface area contributed by atoms with Gasteiger partial charge in [0.2, 0.25) is 0 Å². The van der Waals surface area contributed by atoms with Gasteiger partial charge in [-0.25, -0.2) is 15.8 Å². The summed E-state index contributed by atoms with van der Waals surface area (Å²) in [6.45, 7) is 0.405. The zero-order valence-corrected chi connectivity index (χ0v) is 10.8. The van der Waals surface area contributed by atoms with Crippen molar-refractivity contribution in [1.29, 1.82) is 0 Å². The molecule has 0 atom stereocenters. The third-order valence-electron chi connectivity index (χ3n) is 2.68. The lowest BCUT2D eigenvalue weighted by molar-refractivity contribution is 0.655. The number of aryl methyl sites for hydroxylation is 1. The van der Waals surface area contributed by atoms with Crippen LogP contribution in [-0.4, -0.2) is 29.5 Å². The lowest BCUT2D eigenvalue weighted by Gasteiger charge is -2.05. The summed E-state index contributed by atoms with van der Waals surface area (Å²) in [6, 6.07) is 0. The third-order valence-corrected chi connectivity index (χ3v) is 2.88. The van der Waals surface area contributed by atoms with Gasteiger partial charge in [0, 0.05) is 13.2 Å². The Bertz CT molecular complexity index is 730. The van der Waals surface area contributed by atoms with Gasteiger partial charge in [-0.15, -0.1) is 0 Å². The highest BCUT2D eigenvalue weighted by Gasteiger charge is 2.11. The van der Waals surface area contributed by atoms with Crippen molar-refractivity contribution in [2.45, 2.75) is 6.54 Å². The average molecular weight is 279 g/mol. The number of hydrazine groups is 1.